The van der Waals surface area contributed by atoms with E-state index in [-0.39, 0.29) is 11.8 Å². The Kier molecular flexibility index (Phi) is 6.18. The second kappa shape index (κ2) is 8.77. The van der Waals surface area contributed by atoms with Crippen LogP contribution in [-0.2, 0) is 11.2 Å². The minimum atomic E-state index is -0.428. The number of amides is 1. The smallest absolute Gasteiger partial charge is 0.222 e. The van der Waals surface area contributed by atoms with E-state index < -0.39 is 6.10 Å². The van der Waals surface area contributed by atoms with Gasteiger partial charge in [-0.05, 0) is 49.3 Å². The highest BCUT2D eigenvalue weighted by Crippen LogP contribution is 2.30. The van der Waals surface area contributed by atoms with Gasteiger partial charge in [-0.3, -0.25) is 9.78 Å². The summed E-state index contributed by atoms with van der Waals surface area (Å²) in [5.74, 6) is 0.462. The van der Waals surface area contributed by atoms with Crippen molar-refractivity contribution in [1.29, 1.82) is 0 Å². The largest absolute Gasteiger partial charge is 0.388 e. The Bertz CT molecular complexity index is 652. The number of benzene rings is 1. The van der Waals surface area contributed by atoms with Gasteiger partial charge in [-0.2, -0.15) is 0 Å². The number of aliphatic hydroxyl groups excluding tert-OH is 1. The minimum Gasteiger partial charge on any atom is -0.388 e. The molecule has 1 unspecified atom stereocenters. The first-order chi connectivity index (χ1) is 12.2. The molecule has 1 aromatic heterocycles. The number of likely N-dealkylation sites (tertiary alicyclic amines) is 1. The van der Waals surface area contributed by atoms with Gasteiger partial charge in [0.25, 0.3) is 0 Å². The van der Waals surface area contributed by atoms with Crippen LogP contribution < -0.4 is 0 Å². The van der Waals surface area contributed by atoms with E-state index in [1.165, 1.54) is 0 Å². The lowest BCUT2D eigenvalue weighted by molar-refractivity contribution is -0.133. The molecule has 1 aliphatic heterocycles. The summed E-state index contributed by atoms with van der Waals surface area (Å²) in [6.45, 7) is 1.49. The Morgan fingerprint density at radius 2 is 1.84 bits per heavy atom. The molecule has 1 N–H and O–H groups in total. The number of nitrogens with zero attached hydrogens (tertiary/aromatic N) is 2. The maximum atomic E-state index is 12.4. The number of aliphatic hydroxyl groups is 1. The highest BCUT2D eigenvalue weighted by Gasteiger charge is 2.27. The molecule has 3 rings (SSSR count). The third-order valence-corrected chi connectivity index (χ3v) is 5.03. The summed E-state index contributed by atoms with van der Waals surface area (Å²) in [7, 11) is 0. The number of hydrogen-bond donors (Lipinski definition) is 1. The lowest BCUT2D eigenvalue weighted by atomic mass is 9.87. The van der Waals surface area contributed by atoms with Gasteiger partial charge in [0.15, 0.2) is 0 Å². The zero-order chi connectivity index (χ0) is 17.5. The van der Waals surface area contributed by atoms with Gasteiger partial charge in [0.1, 0.15) is 0 Å². The van der Waals surface area contributed by atoms with Crippen LogP contribution in [0.4, 0.5) is 0 Å². The monoisotopic (exact) mass is 338 g/mol. The molecule has 0 aliphatic carbocycles. The summed E-state index contributed by atoms with van der Waals surface area (Å²) >= 11 is 0. The number of pyridine rings is 1. The van der Waals surface area contributed by atoms with E-state index in [2.05, 4.69) is 4.98 Å². The summed E-state index contributed by atoms with van der Waals surface area (Å²) in [6.07, 6.45) is 5.34. The normalized spacial score (nSPS) is 16.6. The van der Waals surface area contributed by atoms with Crippen LogP contribution in [0.1, 0.15) is 43.0 Å². The molecule has 132 valence electrons. The summed E-state index contributed by atoms with van der Waals surface area (Å²) in [4.78, 5) is 18.6. The van der Waals surface area contributed by atoms with Crippen molar-refractivity contribution < 1.29 is 9.90 Å². The van der Waals surface area contributed by atoms with Crippen molar-refractivity contribution in [1.82, 2.24) is 9.88 Å². The second-order valence-electron chi connectivity index (χ2n) is 6.75. The average Bonchev–Trinajstić information content (AvgIpc) is 2.69. The number of hydrogen-bond acceptors (Lipinski definition) is 3. The zero-order valence-corrected chi connectivity index (χ0v) is 14.6. The highest BCUT2D eigenvalue weighted by atomic mass is 16.3. The van der Waals surface area contributed by atoms with E-state index in [1.54, 1.807) is 6.20 Å². The van der Waals surface area contributed by atoms with Crippen LogP contribution in [0.5, 0.6) is 0 Å². The van der Waals surface area contributed by atoms with E-state index in [9.17, 15) is 9.90 Å². The molecule has 25 heavy (non-hydrogen) atoms. The van der Waals surface area contributed by atoms with Crippen molar-refractivity contribution in [3.63, 3.8) is 0 Å². The number of carbonyl (C=O) groups is 1. The first kappa shape index (κ1) is 17.6. The molecule has 1 amide bonds. The molecular formula is C21H26N2O2. The van der Waals surface area contributed by atoms with Gasteiger partial charge in [0, 0.05) is 31.4 Å². The van der Waals surface area contributed by atoms with E-state index in [1.807, 2.05) is 53.4 Å². The standard InChI is InChI=1S/C21H26N2O2/c24-20(11-6-10-19-9-4-5-14-22-19)23-15-12-18(13-16-23)21(25)17-7-2-1-3-8-17/h1-5,7-9,14,18,21,25H,6,10-13,15-16H2. The molecule has 2 heterocycles. The van der Waals surface area contributed by atoms with Crippen LogP contribution in [-0.4, -0.2) is 34.0 Å². The maximum absolute atomic E-state index is 12.4. The number of rotatable bonds is 6. The van der Waals surface area contributed by atoms with E-state index in [4.69, 9.17) is 0 Å². The molecular weight excluding hydrogens is 312 g/mol. The molecule has 1 saturated heterocycles. The van der Waals surface area contributed by atoms with Gasteiger partial charge in [-0.25, -0.2) is 0 Å². The van der Waals surface area contributed by atoms with Gasteiger partial charge in [-0.1, -0.05) is 36.4 Å². The molecule has 0 saturated carbocycles. The van der Waals surface area contributed by atoms with Gasteiger partial charge < -0.3 is 10.0 Å². The fourth-order valence-electron chi connectivity index (χ4n) is 3.51. The molecule has 4 heteroatoms. The third-order valence-electron chi connectivity index (χ3n) is 5.03. The highest BCUT2D eigenvalue weighted by molar-refractivity contribution is 5.76. The average molecular weight is 338 g/mol. The van der Waals surface area contributed by atoms with Gasteiger partial charge in [-0.15, -0.1) is 0 Å². The number of piperidine rings is 1. The Morgan fingerprint density at radius 3 is 2.52 bits per heavy atom. The van der Waals surface area contributed by atoms with Crippen molar-refractivity contribution in [2.45, 2.75) is 38.2 Å². The van der Waals surface area contributed by atoms with Gasteiger partial charge in [0.2, 0.25) is 5.91 Å². The Morgan fingerprint density at radius 1 is 1.12 bits per heavy atom. The van der Waals surface area contributed by atoms with Crippen molar-refractivity contribution >= 4 is 5.91 Å². The molecule has 0 bridgehead atoms. The topological polar surface area (TPSA) is 53.4 Å². The van der Waals surface area contributed by atoms with Crippen LogP contribution in [0.25, 0.3) is 0 Å². The fourth-order valence-corrected chi connectivity index (χ4v) is 3.51. The van der Waals surface area contributed by atoms with Crippen molar-refractivity contribution in [2.24, 2.45) is 5.92 Å². The van der Waals surface area contributed by atoms with Crippen LogP contribution in [0.15, 0.2) is 54.7 Å². The van der Waals surface area contributed by atoms with Crippen LogP contribution >= 0.6 is 0 Å². The summed E-state index contributed by atoms with van der Waals surface area (Å²) in [5, 5.41) is 10.5. The molecule has 0 spiro atoms. The molecule has 1 fully saturated rings. The maximum Gasteiger partial charge on any atom is 0.222 e. The fraction of sp³-hybridized carbons (Fsp3) is 0.429. The SMILES string of the molecule is O=C(CCCc1ccccn1)N1CCC(C(O)c2ccccc2)CC1. The van der Waals surface area contributed by atoms with Gasteiger partial charge >= 0.3 is 0 Å². The summed E-state index contributed by atoms with van der Waals surface area (Å²) in [6, 6.07) is 15.7. The molecule has 1 atom stereocenters. The predicted molar refractivity (Wildman–Crippen MR) is 97.9 cm³/mol. The van der Waals surface area contributed by atoms with Crippen LogP contribution in [0.3, 0.4) is 0 Å². The Balaban J connectivity index is 1.41. The predicted octanol–water partition coefficient (Wildman–Crippen LogP) is 3.38. The quantitative estimate of drug-likeness (QED) is 0.878. The van der Waals surface area contributed by atoms with Crippen LogP contribution in [0.2, 0.25) is 0 Å². The molecule has 1 aromatic carbocycles. The lowest BCUT2D eigenvalue weighted by Gasteiger charge is -2.34. The molecule has 0 radical (unpaired) electrons. The lowest BCUT2D eigenvalue weighted by Crippen LogP contribution is -2.39. The van der Waals surface area contributed by atoms with Crippen molar-refractivity contribution in [3.05, 3.63) is 66.0 Å². The Hall–Kier alpha value is -2.20. The zero-order valence-electron chi connectivity index (χ0n) is 14.6. The first-order valence-corrected chi connectivity index (χ1v) is 9.15. The molecule has 1 aliphatic rings. The van der Waals surface area contributed by atoms with Crippen molar-refractivity contribution in [3.8, 4) is 0 Å². The number of carbonyl (C=O) groups excluding carboxylic acids is 1. The number of aromatic nitrogens is 1. The third kappa shape index (κ3) is 4.89. The Labute approximate surface area is 149 Å². The summed E-state index contributed by atoms with van der Waals surface area (Å²) in [5.41, 5.74) is 2.02. The molecule has 4 nitrogen and oxygen atoms in total. The first-order valence-electron chi connectivity index (χ1n) is 9.15. The van der Waals surface area contributed by atoms with E-state index >= 15 is 0 Å². The van der Waals surface area contributed by atoms with E-state index in [0.29, 0.717) is 6.42 Å². The van der Waals surface area contributed by atoms with Crippen molar-refractivity contribution in [2.75, 3.05) is 13.1 Å². The second-order valence-corrected chi connectivity index (χ2v) is 6.75. The van der Waals surface area contributed by atoms with Gasteiger partial charge in [0.05, 0.1) is 6.10 Å². The minimum absolute atomic E-state index is 0.226. The number of aryl methyl sites for hydroxylation is 1. The summed E-state index contributed by atoms with van der Waals surface area (Å²) < 4.78 is 0. The molecule has 2 aromatic rings. The van der Waals surface area contributed by atoms with Crippen LogP contribution in [0, 0.1) is 5.92 Å². The van der Waals surface area contributed by atoms with E-state index in [0.717, 1.165) is 50.0 Å².